The van der Waals surface area contributed by atoms with E-state index in [2.05, 4.69) is 19.2 Å². The molecular weight excluding hydrogens is 176 g/mol. The maximum Gasteiger partial charge on any atom is 0.236 e. The summed E-state index contributed by atoms with van der Waals surface area (Å²) < 4.78 is 0. The van der Waals surface area contributed by atoms with Gasteiger partial charge in [-0.25, -0.2) is 0 Å². The summed E-state index contributed by atoms with van der Waals surface area (Å²) in [6.45, 7) is 6.95. The number of hydrogen-bond acceptors (Lipinski definition) is 2. The zero-order valence-electron chi connectivity index (χ0n) is 9.18. The van der Waals surface area contributed by atoms with Crippen molar-refractivity contribution in [2.24, 2.45) is 5.41 Å². The molecule has 2 aliphatic rings. The number of hydrogen-bond donors (Lipinski definition) is 1. The monoisotopic (exact) mass is 196 g/mol. The molecule has 1 saturated carbocycles. The first-order valence-electron chi connectivity index (χ1n) is 5.61. The van der Waals surface area contributed by atoms with Gasteiger partial charge in [-0.1, -0.05) is 13.8 Å². The Balaban J connectivity index is 1.68. The lowest BCUT2D eigenvalue weighted by molar-refractivity contribution is -0.129. The highest BCUT2D eigenvalue weighted by Gasteiger charge is 2.45. The molecule has 2 rings (SSSR count). The Morgan fingerprint density at radius 3 is 2.50 bits per heavy atom. The van der Waals surface area contributed by atoms with Crippen LogP contribution in [0.4, 0.5) is 0 Å². The number of carbonyl (C=O) groups excluding carboxylic acids is 1. The molecule has 3 heteroatoms. The van der Waals surface area contributed by atoms with E-state index in [4.69, 9.17) is 0 Å². The van der Waals surface area contributed by atoms with Crippen molar-refractivity contribution in [2.45, 2.75) is 39.2 Å². The Bertz CT molecular complexity index is 231. The maximum atomic E-state index is 11.7. The minimum absolute atomic E-state index is 0.283. The maximum absolute atomic E-state index is 11.7. The fourth-order valence-electron chi connectivity index (χ4n) is 2.10. The van der Waals surface area contributed by atoms with E-state index < -0.39 is 0 Å². The molecule has 1 amide bonds. The quantitative estimate of drug-likeness (QED) is 0.730. The molecule has 0 bridgehead atoms. The predicted octanol–water partition coefficient (Wildman–Crippen LogP) is 0.997. The molecule has 1 aliphatic heterocycles. The standard InChI is InChI=1S/C11H20N2O/c1-11(2)7-9(11)12-8-10(14)13-5-3-4-6-13/h9,12H,3-8H2,1-2H3. The average molecular weight is 196 g/mol. The van der Waals surface area contributed by atoms with Crippen molar-refractivity contribution in [2.75, 3.05) is 19.6 Å². The van der Waals surface area contributed by atoms with Gasteiger partial charge in [-0.3, -0.25) is 4.79 Å². The van der Waals surface area contributed by atoms with Gasteiger partial charge in [0.05, 0.1) is 6.54 Å². The van der Waals surface area contributed by atoms with Crippen molar-refractivity contribution in [1.82, 2.24) is 10.2 Å². The molecule has 14 heavy (non-hydrogen) atoms. The van der Waals surface area contributed by atoms with E-state index in [0.717, 1.165) is 13.1 Å². The summed E-state index contributed by atoms with van der Waals surface area (Å²) in [7, 11) is 0. The van der Waals surface area contributed by atoms with E-state index in [0.29, 0.717) is 18.0 Å². The van der Waals surface area contributed by atoms with Crippen LogP contribution in [0.1, 0.15) is 33.1 Å². The summed E-state index contributed by atoms with van der Waals surface area (Å²) >= 11 is 0. The van der Waals surface area contributed by atoms with Crippen LogP contribution < -0.4 is 5.32 Å². The molecule has 0 radical (unpaired) electrons. The van der Waals surface area contributed by atoms with Crippen LogP contribution in [0.5, 0.6) is 0 Å². The van der Waals surface area contributed by atoms with Crippen molar-refractivity contribution >= 4 is 5.91 Å². The second-order valence-corrected chi connectivity index (χ2v) is 5.21. The summed E-state index contributed by atoms with van der Waals surface area (Å²) in [6.07, 6.45) is 3.57. The molecule has 1 heterocycles. The molecule has 1 atom stereocenters. The largest absolute Gasteiger partial charge is 0.342 e. The third kappa shape index (κ3) is 2.08. The van der Waals surface area contributed by atoms with E-state index in [1.807, 2.05) is 4.90 Å². The SMILES string of the molecule is CC1(C)CC1NCC(=O)N1CCCC1. The van der Waals surface area contributed by atoms with Crippen molar-refractivity contribution in [3.05, 3.63) is 0 Å². The topological polar surface area (TPSA) is 32.3 Å². The van der Waals surface area contributed by atoms with E-state index in [-0.39, 0.29) is 5.91 Å². The Labute approximate surface area is 85.8 Å². The van der Waals surface area contributed by atoms with Gasteiger partial charge >= 0.3 is 0 Å². The van der Waals surface area contributed by atoms with Gasteiger partial charge in [0.25, 0.3) is 0 Å². The van der Waals surface area contributed by atoms with Crippen molar-refractivity contribution in [3.8, 4) is 0 Å². The van der Waals surface area contributed by atoms with Gasteiger partial charge < -0.3 is 10.2 Å². The molecule has 0 aromatic rings. The van der Waals surface area contributed by atoms with E-state index in [1.54, 1.807) is 0 Å². The molecule has 1 aliphatic carbocycles. The number of nitrogens with one attached hydrogen (secondary N) is 1. The third-order valence-electron chi connectivity index (χ3n) is 3.47. The van der Waals surface area contributed by atoms with Gasteiger partial charge in [-0.15, -0.1) is 0 Å². The lowest BCUT2D eigenvalue weighted by atomic mass is 10.2. The van der Waals surface area contributed by atoms with Crippen LogP contribution >= 0.6 is 0 Å². The zero-order valence-corrected chi connectivity index (χ0v) is 9.18. The molecule has 3 nitrogen and oxygen atoms in total. The summed E-state index contributed by atoms with van der Waals surface area (Å²) in [4.78, 5) is 13.6. The van der Waals surface area contributed by atoms with Crippen molar-refractivity contribution < 1.29 is 4.79 Å². The minimum atomic E-state index is 0.283. The Hall–Kier alpha value is -0.570. The Kier molecular flexibility index (Phi) is 2.52. The minimum Gasteiger partial charge on any atom is -0.342 e. The zero-order chi connectivity index (χ0) is 10.2. The molecule has 80 valence electrons. The van der Waals surface area contributed by atoms with Crippen LogP contribution in [-0.4, -0.2) is 36.5 Å². The summed E-state index contributed by atoms with van der Waals surface area (Å²) in [6, 6.07) is 0.564. The normalized spacial score (nSPS) is 29.3. The van der Waals surface area contributed by atoms with E-state index in [9.17, 15) is 4.79 Å². The van der Waals surface area contributed by atoms with E-state index >= 15 is 0 Å². The first-order chi connectivity index (χ1) is 6.59. The van der Waals surface area contributed by atoms with Crippen LogP contribution in [0.15, 0.2) is 0 Å². The van der Waals surface area contributed by atoms with Crippen LogP contribution in [-0.2, 0) is 4.79 Å². The van der Waals surface area contributed by atoms with Gasteiger partial charge in [0.2, 0.25) is 5.91 Å². The predicted molar refractivity (Wildman–Crippen MR) is 56.0 cm³/mol. The van der Waals surface area contributed by atoms with Gasteiger partial charge in [-0.05, 0) is 24.7 Å². The van der Waals surface area contributed by atoms with Gasteiger partial charge in [0.15, 0.2) is 0 Å². The number of carbonyl (C=O) groups is 1. The third-order valence-corrected chi connectivity index (χ3v) is 3.47. The Morgan fingerprint density at radius 2 is 2.00 bits per heavy atom. The molecule has 2 fully saturated rings. The summed E-state index contributed by atoms with van der Waals surface area (Å²) in [5.41, 5.74) is 0.422. The molecule has 1 saturated heterocycles. The second kappa shape index (κ2) is 3.54. The number of likely N-dealkylation sites (tertiary alicyclic amines) is 1. The number of rotatable bonds is 3. The lowest BCUT2D eigenvalue weighted by Gasteiger charge is -2.15. The van der Waals surface area contributed by atoms with Crippen LogP contribution in [0.3, 0.4) is 0 Å². The smallest absolute Gasteiger partial charge is 0.236 e. The first-order valence-corrected chi connectivity index (χ1v) is 5.61. The fourth-order valence-corrected chi connectivity index (χ4v) is 2.10. The first kappa shape index (κ1) is 9.97. The summed E-state index contributed by atoms with van der Waals surface area (Å²) in [5.74, 6) is 0.283. The highest BCUT2D eigenvalue weighted by molar-refractivity contribution is 5.78. The van der Waals surface area contributed by atoms with Crippen LogP contribution in [0.2, 0.25) is 0 Å². The summed E-state index contributed by atoms with van der Waals surface area (Å²) in [5, 5.41) is 3.33. The van der Waals surface area contributed by atoms with Gasteiger partial charge in [0.1, 0.15) is 0 Å². The molecule has 0 aromatic heterocycles. The molecule has 0 aromatic carbocycles. The highest BCUT2D eigenvalue weighted by atomic mass is 16.2. The molecule has 1 unspecified atom stereocenters. The molecular formula is C11H20N2O. The number of amides is 1. The molecule has 0 spiro atoms. The second-order valence-electron chi connectivity index (χ2n) is 5.21. The Morgan fingerprint density at radius 1 is 1.43 bits per heavy atom. The lowest BCUT2D eigenvalue weighted by Crippen LogP contribution is -2.37. The highest BCUT2D eigenvalue weighted by Crippen LogP contribution is 2.44. The molecule has 1 N–H and O–H groups in total. The van der Waals surface area contributed by atoms with Crippen LogP contribution in [0, 0.1) is 5.41 Å². The van der Waals surface area contributed by atoms with E-state index in [1.165, 1.54) is 19.3 Å². The van der Waals surface area contributed by atoms with Crippen molar-refractivity contribution in [1.29, 1.82) is 0 Å². The number of nitrogens with zero attached hydrogens (tertiary/aromatic N) is 1. The van der Waals surface area contributed by atoms with Crippen LogP contribution in [0.25, 0.3) is 0 Å². The van der Waals surface area contributed by atoms with Gasteiger partial charge in [-0.2, -0.15) is 0 Å². The fraction of sp³-hybridized carbons (Fsp3) is 0.909. The average Bonchev–Trinajstić information content (AvgIpc) is 2.58. The van der Waals surface area contributed by atoms with Crippen molar-refractivity contribution in [3.63, 3.8) is 0 Å². The van der Waals surface area contributed by atoms with Gasteiger partial charge in [0, 0.05) is 19.1 Å².